The van der Waals surface area contributed by atoms with E-state index in [2.05, 4.69) is 15.0 Å². The fourth-order valence-corrected chi connectivity index (χ4v) is 4.28. The van der Waals surface area contributed by atoms with Gasteiger partial charge in [0.05, 0.1) is 12.9 Å². The number of rotatable bonds is 4. The third kappa shape index (κ3) is 4.08. The fraction of sp³-hybridized carbons (Fsp3) is 0.714. The van der Waals surface area contributed by atoms with E-state index < -0.39 is 10.0 Å². The lowest BCUT2D eigenvalue weighted by atomic mass is 9.78. The highest BCUT2D eigenvalue weighted by Gasteiger charge is 2.38. The van der Waals surface area contributed by atoms with Crippen molar-refractivity contribution in [1.29, 1.82) is 0 Å². The predicted octanol–water partition coefficient (Wildman–Crippen LogP) is -0.278. The summed E-state index contributed by atoms with van der Waals surface area (Å²) in [7, 11) is -2.04. The Labute approximate surface area is 148 Å². The van der Waals surface area contributed by atoms with Crippen molar-refractivity contribution in [2.24, 2.45) is 12.5 Å². The summed E-state index contributed by atoms with van der Waals surface area (Å²) in [6.45, 7) is 3.26. The minimum absolute atomic E-state index is 0. The molecule has 3 heterocycles. The van der Waals surface area contributed by atoms with Crippen LogP contribution in [0.4, 0.5) is 0 Å². The standard InChI is InChI=1S/C14H23N5O3S.ClH/c1-18-9-12(16-11-18)23(21,22)17-8-13(20)19-6-3-14(4-7-19)2-5-15-10-14;/h9,11,15,17H,2-8,10H2,1H3;1H. The van der Waals surface area contributed by atoms with Crippen LogP contribution in [-0.2, 0) is 21.9 Å². The van der Waals surface area contributed by atoms with Crippen molar-refractivity contribution >= 4 is 28.3 Å². The highest BCUT2D eigenvalue weighted by atomic mass is 35.5. The fourth-order valence-electron chi connectivity index (χ4n) is 3.32. The number of imidazole rings is 1. The lowest BCUT2D eigenvalue weighted by molar-refractivity contribution is -0.132. The average molecular weight is 378 g/mol. The second-order valence-electron chi connectivity index (χ2n) is 6.51. The number of aromatic nitrogens is 2. The molecular formula is C14H24ClN5O3S. The van der Waals surface area contributed by atoms with Gasteiger partial charge >= 0.3 is 0 Å². The number of halogens is 1. The average Bonchev–Trinajstić information content (AvgIpc) is 3.16. The molecule has 2 fully saturated rings. The lowest BCUT2D eigenvalue weighted by Crippen LogP contribution is -2.47. The van der Waals surface area contributed by atoms with Crippen LogP contribution in [-0.4, -0.2) is 61.5 Å². The Morgan fingerprint density at radius 2 is 2.08 bits per heavy atom. The van der Waals surface area contributed by atoms with Crippen LogP contribution in [0.2, 0.25) is 0 Å². The van der Waals surface area contributed by atoms with E-state index in [0.717, 1.165) is 25.9 Å². The second kappa shape index (κ2) is 7.38. The number of likely N-dealkylation sites (tertiary alicyclic amines) is 1. The zero-order valence-corrected chi connectivity index (χ0v) is 15.3. The molecule has 0 radical (unpaired) electrons. The van der Waals surface area contributed by atoms with E-state index >= 15 is 0 Å². The molecule has 3 rings (SSSR count). The molecule has 0 aromatic carbocycles. The Morgan fingerprint density at radius 3 is 2.62 bits per heavy atom. The number of amides is 1. The molecule has 0 atom stereocenters. The Morgan fingerprint density at radius 1 is 1.38 bits per heavy atom. The summed E-state index contributed by atoms with van der Waals surface area (Å²) in [5, 5.41) is 3.32. The van der Waals surface area contributed by atoms with Crippen molar-refractivity contribution in [1.82, 2.24) is 24.5 Å². The molecule has 0 bridgehead atoms. The second-order valence-corrected chi connectivity index (χ2v) is 8.22. The molecule has 0 aliphatic carbocycles. The first-order valence-electron chi connectivity index (χ1n) is 7.86. The Hall–Kier alpha value is -1.16. The van der Waals surface area contributed by atoms with E-state index in [-0.39, 0.29) is 29.9 Å². The molecule has 10 heteroatoms. The Balaban J connectivity index is 0.00000208. The van der Waals surface area contributed by atoms with Crippen molar-refractivity contribution in [3.8, 4) is 0 Å². The van der Waals surface area contributed by atoms with E-state index in [1.807, 2.05) is 0 Å². The molecule has 2 aliphatic heterocycles. The van der Waals surface area contributed by atoms with Crippen LogP contribution in [0, 0.1) is 5.41 Å². The van der Waals surface area contributed by atoms with Crippen LogP contribution in [0.1, 0.15) is 19.3 Å². The molecule has 1 amide bonds. The number of carbonyl (C=O) groups is 1. The van der Waals surface area contributed by atoms with Crippen molar-refractivity contribution in [3.05, 3.63) is 12.5 Å². The maximum absolute atomic E-state index is 12.2. The first kappa shape index (κ1) is 19.2. The van der Waals surface area contributed by atoms with Gasteiger partial charge < -0.3 is 14.8 Å². The molecule has 1 aromatic heterocycles. The molecule has 136 valence electrons. The lowest BCUT2D eigenvalue weighted by Gasteiger charge is -2.38. The number of aryl methyl sites for hydroxylation is 1. The van der Waals surface area contributed by atoms with E-state index in [0.29, 0.717) is 18.5 Å². The van der Waals surface area contributed by atoms with E-state index in [1.54, 1.807) is 16.5 Å². The largest absolute Gasteiger partial charge is 0.342 e. The maximum atomic E-state index is 12.2. The van der Waals surface area contributed by atoms with Crippen molar-refractivity contribution in [2.45, 2.75) is 24.3 Å². The van der Waals surface area contributed by atoms with Gasteiger partial charge in [0.15, 0.2) is 5.03 Å². The monoisotopic (exact) mass is 377 g/mol. The van der Waals surface area contributed by atoms with Crippen molar-refractivity contribution in [2.75, 3.05) is 32.7 Å². The van der Waals surface area contributed by atoms with Gasteiger partial charge in [-0.3, -0.25) is 4.79 Å². The first-order chi connectivity index (χ1) is 10.9. The minimum atomic E-state index is -3.73. The van der Waals surface area contributed by atoms with Gasteiger partial charge in [-0.2, -0.15) is 0 Å². The SMILES string of the molecule is Cl.Cn1cnc(S(=O)(=O)NCC(=O)N2CCC3(CCNC3)CC2)c1. The first-order valence-corrected chi connectivity index (χ1v) is 9.35. The van der Waals surface area contributed by atoms with Gasteiger partial charge in [-0.15, -0.1) is 12.4 Å². The number of sulfonamides is 1. The highest BCUT2D eigenvalue weighted by Crippen LogP contribution is 2.36. The number of hydrogen-bond acceptors (Lipinski definition) is 5. The molecule has 1 aromatic rings. The highest BCUT2D eigenvalue weighted by molar-refractivity contribution is 7.89. The number of nitrogens with one attached hydrogen (secondary N) is 2. The predicted molar refractivity (Wildman–Crippen MR) is 91.4 cm³/mol. The summed E-state index contributed by atoms with van der Waals surface area (Å²) >= 11 is 0. The van der Waals surface area contributed by atoms with Crippen LogP contribution < -0.4 is 10.0 Å². The van der Waals surface area contributed by atoms with Crippen LogP contribution in [0.25, 0.3) is 0 Å². The molecule has 8 nitrogen and oxygen atoms in total. The third-order valence-corrected chi connectivity index (χ3v) is 6.16. The number of piperidine rings is 1. The Bertz CT molecular complexity index is 674. The van der Waals surface area contributed by atoms with Crippen LogP contribution in [0.5, 0.6) is 0 Å². The third-order valence-electron chi connectivity index (χ3n) is 4.88. The molecular weight excluding hydrogens is 354 g/mol. The molecule has 2 N–H and O–H groups in total. The van der Waals surface area contributed by atoms with Gasteiger partial charge in [-0.05, 0) is 31.2 Å². The smallest absolute Gasteiger partial charge is 0.260 e. The van der Waals surface area contributed by atoms with Gasteiger partial charge in [0.1, 0.15) is 0 Å². The van der Waals surface area contributed by atoms with Gasteiger partial charge in [-0.1, -0.05) is 0 Å². The van der Waals surface area contributed by atoms with Crippen LogP contribution in [0.3, 0.4) is 0 Å². The van der Waals surface area contributed by atoms with Crippen molar-refractivity contribution < 1.29 is 13.2 Å². The van der Waals surface area contributed by atoms with Gasteiger partial charge in [0, 0.05) is 32.9 Å². The zero-order valence-electron chi connectivity index (χ0n) is 13.7. The summed E-state index contributed by atoms with van der Waals surface area (Å²) in [5.74, 6) is -0.176. The summed E-state index contributed by atoms with van der Waals surface area (Å²) in [6, 6.07) is 0. The summed E-state index contributed by atoms with van der Waals surface area (Å²) < 4.78 is 28.0. The van der Waals surface area contributed by atoms with E-state index in [4.69, 9.17) is 0 Å². The van der Waals surface area contributed by atoms with E-state index in [1.165, 1.54) is 18.9 Å². The molecule has 2 saturated heterocycles. The molecule has 1 spiro atoms. The molecule has 2 aliphatic rings. The minimum Gasteiger partial charge on any atom is -0.342 e. The summed E-state index contributed by atoms with van der Waals surface area (Å²) in [6.07, 6.45) is 5.96. The summed E-state index contributed by atoms with van der Waals surface area (Å²) in [4.78, 5) is 17.8. The Kier molecular flexibility index (Phi) is 5.90. The van der Waals surface area contributed by atoms with Gasteiger partial charge in [0.2, 0.25) is 5.91 Å². The van der Waals surface area contributed by atoms with Crippen LogP contribution >= 0.6 is 12.4 Å². The maximum Gasteiger partial charge on any atom is 0.260 e. The van der Waals surface area contributed by atoms with Gasteiger partial charge in [-0.25, -0.2) is 18.1 Å². The topological polar surface area (TPSA) is 96.3 Å². The number of nitrogens with zero attached hydrogens (tertiary/aromatic N) is 3. The summed E-state index contributed by atoms with van der Waals surface area (Å²) in [5.41, 5.74) is 0.338. The number of carbonyl (C=O) groups excluding carboxylic acids is 1. The van der Waals surface area contributed by atoms with Crippen molar-refractivity contribution in [3.63, 3.8) is 0 Å². The van der Waals surface area contributed by atoms with Crippen LogP contribution in [0.15, 0.2) is 17.6 Å². The molecule has 0 saturated carbocycles. The zero-order chi connectivity index (χ0) is 16.5. The number of hydrogen-bond donors (Lipinski definition) is 2. The normalized spacial score (nSPS) is 20.1. The van der Waals surface area contributed by atoms with Gasteiger partial charge in [0.25, 0.3) is 10.0 Å². The van der Waals surface area contributed by atoms with E-state index in [9.17, 15) is 13.2 Å². The quantitative estimate of drug-likeness (QED) is 0.752. The molecule has 0 unspecified atom stereocenters. The molecule has 24 heavy (non-hydrogen) atoms.